The first-order valence-corrected chi connectivity index (χ1v) is 10.2. The molecule has 150 valence electrons. The Morgan fingerprint density at radius 1 is 1.17 bits per heavy atom. The van der Waals surface area contributed by atoms with Crippen LogP contribution in [0.4, 0.5) is 0 Å². The van der Waals surface area contributed by atoms with Crippen LogP contribution in [-0.2, 0) is 0 Å². The third kappa shape index (κ3) is 3.62. The van der Waals surface area contributed by atoms with Gasteiger partial charge in [0.1, 0.15) is 11.3 Å². The summed E-state index contributed by atoms with van der Waals surface area (Å²) in [6.07, 6.45) is 3.23. The van der Waals surface area contributed by atoms with Crippen LogP contribution in [0.15, 0.2) is 45.6 Å². The Kier molecular flexibility index (Phi) is 5.33. The number of amides is 1. The van der Waals surface area contributed by atoms with Crippen LogP contribution in [0.3, 0.4) is 0 Å². The predicted octanol–water partition coefficient (Wildman–Crippen LogP) is 5.16. The molecule has 0 bridgehead atoms. The summed E-state index contributed by atoms with van der Waals surface area (Å²) < 4.78 is 11.6. The van der Waals surface area contributed by atoms with E-state index < -0.39 is 11.9 Å². The smallest absolute Gasteiger partial charge is 0.288 e. The van der Waals surface area contributed by atoms with E-state index in [0.717, 1.165) is 30.4 Å². The lowest BCUT2D eigenvalue weighted by Gasteiger charge is -2.14. The fraction of sp³-hybridized carbons (Fsp3) is 0.304. The van der Waals surface area contributed by atoms with Gasteiger partial charge in [0, 0.05) is 5.02 Å². The average molecular weight is 412 g/mol. The van der Waals surface area contributed by atoms with E-state index in [-0.39, 0.29) is 11.2 Å². The molecule has 6 heteroatoms. The van der Waals surface area contributed by atoms with E-state index in [4.69, 9.17) is 20.8 Å². The van der Waals surface area contributed by atoms with Gasteiger partial charge in [-0.2, -0.15) is 0 Å². The Bertz CT molecular complexity index is 1150. The molecule has 5 nitrogen and oxygen atoms in total. The first-order valence-electron chi connectivity index (χ1n) is 9.80. The van der Waals surface area contributed by atoms with Gasteiger partial charge in [-0.1, -0.05) is 43.5 Å². The minimum Gasteiger partial charge on any atom is -0.494 e. The predicted molar refractivity (Wildman–Crippen MR) is 113 cm³/mol. The standard InChI is InChI=1S/C23H22ClNO4/c1-3-4-5-9-28-15-8-6-7-14(11-15)20-19-21(26)16-12-17(24)13(2)10-18(16)29-22(19)23(27)25-20/h6-8,10-12,20H,3-5,9H2,1-2H3,(H,25,27). The van der Waals surface area contributed by atoms with E-state index in [2.05, 4.69) is 12.2 Å². The van der Waals surface area contributed by atoms with Gasteiger partial charge in [0.2, 0.25) is 5.76 Å². The van der Waals surface area contributed by atoms with Gasteiger partial charge in [-0.15, -0.1) is 0 Å². The summed E-state index contributed by atoms with van der Waals surface area (Å²) in [6, 6.07) is 10.2. The van der Waals surface area contributed by atoms with E-state index in [0.29, 0.717) is 33.9 Å². The zero-order valence-corrected chi connectivity index (χ0v) is 17.1. The van der Waals surface area contributed by atoms with Crippen LogP contribution in [0.25, 0.3) is 11.0 Å². The average Bonchev–Trinajstić information content (AvgIpc) is 3.04. The normalized spacial score (nSPS) is 15.4. The van der Waals surface area contributed by atoms with Crippen molar-refractivity contribution in [3.05, 3.63) is 74.1 Å². The Labute approximate surface area is 173 Å². The minimum atomic E-state index is -0.586. The van der Waals surface area contributed by atoms with Crippen molar-refractivity contribution in [2.75, 3.05) is 6.61 Å². The maximum Gasteiger partial charge on any atom is 0.288 e. The molecule has 0 fully saturated rings. The fourth-order valence-corrected chi connectivity index (χ4v) is 3.77. The first kappa shape index (κ1) is 19.5. The van der Waals surface area contributed by atoms with Gasteiger partial charge in [0.05, 0.1) is 23.6 Å². The molecule has 1 N–H and O–H groups in total. The number of benzene rings is 2. The van der Waals surface area contributed by atoms with Gasteiger partial charge in [-0.05, 0) is 48.7 Å². The van der Waals surface area contributed by atoms with Crippen molar-refractivity contribution in [1.82, 2.24) is 5.32 Å². The number of ether oxygens (including phenoxy) is 1. The molecule has 29 heavy (non-hydrogen) atoms. The summed E-state index contributed by atoms with van der Waals surface area (Å²) in [5.74, 6) is 0.375. The quantitative estimate of drug-likeness (QED) is 0.569. The lowest BCUT2D eigenvalue weighted by atomic mass is 9.99. The van der Waals surface area contributed by atoms with Crippen LogP contribution in [0.1, 0.15) is 59.5 Å². The van der Waals surface area contributed by atoms with Gasteiger partial charge < -0.3 is 14.5 Å². The second-order valence-corrected chi connectivity index (χ2v) is 7.71. The molecule has 1 unspecified atom stereocenters. The summed E-state index contributed by atoms with van der Waals surface area (Å²) in [4.78, 5) is 25.7. The van der Waals surface area contributed by atoms with E-state index in [9.17, 15) is 9.59 Å². The molecule has 3 aromatic rings. The van der Waals surface area contributed by atoms with Crippen LogP contribution in [0, 0.1) is 6.92 Å². The summed E-state index contributed by atoms with van der Waals surface area (Å²) in [7, 11) is 0. The van der Waals surface area contributed by atoms with Crippen LogP contribution in [-0.4, -0.2) is 12.5 Å². The summed E-state index contributed by atoms with van der Waals surface area (Å²) in [5, 5.41) is 3.72. The maximum absolute atomic E-state index is 13.2. The molecule has 0 spiro atoms. The van der Waals surface area contributed by atoms with Gasteiger partial charge in [0.25, 0.3) is 5.91 Å². The zero-order chi connectivity index (χ0) is 20.5. The van der Waals surface area contributed by atoms with Gasteiger partial charge in [-0.25, -0.2) is 0 Å². The highest BCUT2D eigenvalue weighted by molar-refractivity contribution is 6.32. The Hall–Kier alpha value is -2.79. The van der Waals surface area contributed by atoms with Crippen molar-refractivity contribution < 1.29 is 13.9 Å². The number of hydrogen-bond donors (Lipinski definition) is 1. The number of rotatable bonds is 6. The highest BCUT2D eigenvalue weighted by atomic mass is 35.5. The van der Waals surface area contributed by atoms with E-state index in [1.807, 2.05) is 31.2 Å². The first-order chi connectivity index (χ1) is 14.0. The SMILES string of the molecule is CCCCCOc1cccc(C2NC(=O)c3oc4cc(C)c(Cl)cc4c(=O)c32)c1. The number of nitrogens with one attached hydrogen (secondary N) is 1. The Morgan fingerprint density at radius 3 is 2.79 bits per heavy atom. The summed E-state index contributed by atoms with van der Waals surface area (Å²) in [5.41, 5.74) is 1.98. The topological polar surface area (TPSA) is 68.5 Å². The van der Waals surface area contributed by atoms with Crippen molar-refractivity contribution in [2.45, 2.75) is 39.2 Å². The fourth-order valence-electron chi connectivity index (χ4n) is 3.61. The van der Waals surface area contributed by atoms with Crippen LogP contribution in [0.5, 0.6) is 5.75 Å². The maximum atomic E-state index is 13.2. The molecule has 1 atom stereocenters. The zero-order valence-electron chi connectivity index (χ0n) is 16.4. The molecule has 0 saturated carbocycles. The Morgan fingerprint density at radius 2 is 2.00 bits per heavy atom. The number of halogens is 1. The van der Waals surface area contributed by atoms with Crippen molar-refractivity contribution in [3.63, 3.8) is 0 Å². The number of fused-ring (bicyclic) bond motifs is 2. The molecular formula is C23H22ClNO4. The van der Waals surface area contributed by atoms with Crippen LogP contribution < -0.4 is 15.5 Å². The van der Waals surface area contributed by atoms with E-state index >= 15 is 0 Å². The highest BCUT2D eigenvalue weighted by Crippen LogP contribution is 2.33. The van der Waals surface area contributed by atoms with Crippen molar-refractivity contribution in [2.24, 2.45) is 0 Å². The monoisotopic (exact) mass is 411 g/mol. The summed E-state index contributed by atoms with van der Waals surface area (Å²) in [6.45, 7) is 4.60. The van der Waals surface area contributed by atoms with Crippen molar-refractivity contribution in [3.8, 4) is 5.75 Å². The molecule has 0 aliphatic carbocycles. The molecule has 1 aromatic heterocycles. The van der Waals surface area contributed by atoms with Crippen LogP contribution >= 0.6 is 11.6 Å². The van der Waals surface area contributed by atoms with Gasteiger partial charge >= 0.3 is 0 Å². The van der Waals surface area contributed by atoms with Crippen molar-refractivity contribution in [1.29, 1.82) is 0 Å². The second kappa shape index (κ2) is 7.91. The lowest BCUT2D eigenvalue weighted by molar-refractivity contribution is 0.0938. The molecule has 2 aromatic carbocycles. The molecular weight excluding hydrogens is 390 g/mol. The molecule has 0 radical (unpaired) electrons. The molecule has 1 amide bonds. The van der Waals surface area contributed by atoms with E-state index in [1.165, 1.54) is 0 Å². The number of carbonyl (C=O) groups excluding carboxylic acids is 1. The second-order valence-electron chi connectivity index (χ2n) is 7.31. The molecule has 1 aliphatic rings. The lowest BCUT2D eigenvalue weighted by Crippen LogP contribution is -2.22. The number of aryl methyl sites for hydroxylation is 1. The molecule has 2 heterocycles. The summed E-state index contributed by atoms with van der Waals surface area (Å²) >= 11 is 6.20. The largest absolute Gasteiger partial charge is 0.494 e. The molecule has 0 saturated heterocycles. The Balaban J connectivity index is 1.74. The third-order valence-electron chi connectivity index (χ3n) is 5.19. The molecule has 1 aliphatic heterocycles. The van der Waals surface area contributed by atoms with E-state index in [1.54, 1.807) is 12.1 Å². The highest BCUT2D eigenvalue weighted by Gasteiger charge is 2.36. The van der Waals surface area contributed by atoms with Gasteiger partial charge in [-0.3, -0.25) is 9.59 Å². The van der Waals surface area contributed by atoms with Crippen molar-refractivity contribution >= 4 is 28.5 Å². The van der Waals surface area contributed by atoms with Crippen LogP contribution in [0.2, 0.25) is 5.02 Å². The minimum absolute atomic E-state index is 0.0588. The number of unbranched alkanes of at least 4 members (excludes halogenated alkanes) is 2. The molecule has 4 rings (SSSR count). The number of hydrogen-bond acceptors (Lipinski definition) is 4. The third-order valence-corrected chi connectivity index (χ3v) is 5.59. The van der Waals surface area contributed by atoms with Gasteiger partial charge in [0.15, 0.2) is 5.43 Å². The number of carbonyl (C=O) groups is 1.